The molecule has 6 rings (SSSR count). The van der Waals surface area contributed by atoms with Crippen molar-refractivity contribution >= 4 is 45.7 Å². The van der Waals surface area contributed by atoms with Gasteiger partial charge in [-0.15, -0.1) is 11.3 Å². The number of anilines is 2. The Hall–Kier alpha value is -4.61. The van der Waals surface area contributed by atoms with E-state index >= 15 is 0 Å². The predicted octanol–water partition coefficient (Wildman–Crippen LogP) is 5.20. The van der Waals surface area contributed by atoms with E-state index in [1.807, 2.05) is 43.3 Å². The van der Waals surface area contributed by atoms with Crippen LogP contribution in [-0.2, 0) is 11.2 Å². The largest absolute Gasteiger partial charge is 0.466 e. The maximum Gasteiger partial charge on any atom is 0.326 e. The third kappa shape index (κ3) is 6.11. The second-order valence-electron chi connectivity index (χ2n) is 9.92. The zero-order valence-electron chi connectivity index (χ0n) is 22.4. The number of benzene rings is 1. The summed E-state index contributed by atoms with van der Waals surface area (Å²) in [5, 5.41) is 12.4. The summed E-state index contributed by atoms with van der Waals surface area (Å²) in [4.78, 5) is 42.7. The molecule has 0 saturated carbocycles. The van der Waals surface area contributed by atoms with Crippen molar-refractivity contribution in [2.75, 3.05) is 23.7 Å². The molecule has 5 aromatic rings. The molecule has 0 aliphatic carbocycles. The van der Waals surface area contributed by atoms with E-state index in [4.69, 9.17) is 4.74 Å². The lowest BCUT2D eigenvalue weighted by molar-refractivity contribution is -0.127. The second-order valence-corrected chi connectivity index (χ2v) is 10.8. The molecule has 0 bridgehead atoms. The number of rotatable bonds is 9. The standard InChI is InChI=1S/C30H29N7O3S/c1-18-22(21-5-2-3-6-23(21)33-18)15-24(38)28(20-11-14-32-16-20)40-27-8-4-7-25(34-27)36-30(39)37-26-17-41-29(35-26)19-9-12-31-13-10-19/h2-10,12-13,17,20,28,32-33H,11,14-16H2,1H3,(H2,34,36,37,39). The maximum absolute atomic E-state index is 13.7. The molecule has 1 fully saturated rings. The Morgan fingerprint density at radius 3 is 2.71 bits per heavy atom. The first-order chi connectivity index (χ1) is 20.0. The average molecular weight is 568 g/mol. The van der Waals surface area contributed by atoms with Crippen LogP contribution < -0.4 is 20.7 Å². The number of ether oxygens (including phenoxy) is 1. The van der Waals surface area contributed by atoms with Gasteiger partial charge in [-0.3, -0.25) is 20.4 Å². The fraction of sp³-hybridized carbons (Fsp3) is 0.233. The number of carbonyl (C=O) groups is 2. The molecule has 1 saturated heterocycles. The Balaban J connectivity index is 1.14. The lowest BCUT2D eigenvalue weighted by Crippen LogP contribution is -2.38. The van der Waals surface area contributed by atoms with E-state index in [0.717, 1.165) is 45.7 Å². The van der Waals surface area contributed by atoms with E-state index in [1.54, 1.807) is 36.0 Å². The number of ketones is 1. The molecule has 2 unspecified atom stereocenters. The number of carbonyl (C=O) groups excluding carboxylic acids is 2. The van der Waals surface area contributed by atoms with Gasteiger partial charge in [-0.1, -0.05) is 24.3 Å². The number of amides is 2. The van der Waals surface area contributed by atoms with Gasteiger partial charge in [0.2, 0.25) is 5.88 Å². The number of fused-ring (bicyclic) bond motifs is 1. The molecular weight excluding hydrogens is 538 g/mol. The number of aromatic nitrogens is 4. The van der Waals surface area contributed by atoms with Crippen molar-refractivity contribution in [1.82, 2.24) is 25.3 Å². The Labute approximate surface area is 240 Å². The van der Waals surface area contributed by atoms with Crippen molar-refractivity contribution in [3.8, 4) is 16.5 Å². The van der Waals surface area contributed by atoms with E-state index in [-0.39, 0.29) is 24.0 Å². The summed E-state index contributed by atoms with van der Waals surface area (Å²) in [6.45, 7) is 3.51. The SMILES string of the molecule is Cc1[nH]c2ccccc2c1CC(=O)C(Oc1cccc(NC(=O)Nc2csc(-c3ccncc3)n2)n1)C1CCNC1. The summed E-state index contributed by atoms with van der Waals surface area (Å²) in [6, 6.07) is 16.3. The number of para-hydroxylation sites is 1. The molecule has 0 spiro atoms. The van der Waals surface area contributed by atoms with Gasteiger partial charge in [0.15, 0.2) is 11.9 Å². The number of pyridine rings is 2. The quantitative estimate of drug-likeness (QED) is 0.192. The molecule has 1 aliphatic heterocycles. The highest BCUT2D eigenvalue weighted by molar-refractivity contribution is 7.13. The third-order valence-corrected chi connectivity index (χ3v) is 8.00. The Morgan fingerprint density at radius 1 is 1.05 bits per heavy atom. The molecule has 2 atom stereocenters. The Kier molecular flexibility index (Phi) is 7.70. The van der Waals surface area contributed by atoms with Crippen molar-refractivity contribution < 1.29 is 14.3 Å². The van der Waals surface area contributed by atoms with Gasteiger partial charge in [0.25, 0.3) is 0 Å². The van der Waals surface area contributed by atoms with Crippen LogP contribution in [0, 0.1) is 12.8 Å². The number of H-pyrrole nitrogens is 1. The fourth-order valence-electron chi connectivity index (χ4n) is 5.10. The van der Waals surface area contributed by atoms with Crippen LogP contribution in [0.25, 0.3) is 21.5 Å². The molecule has 1 aromatic carbocycles. The number of hydrogen-bond acceptors (Lipinski definition) is 8. The number of nitrogens with one attached hydrogen (secondary N) is 4. The van der Waals surface area contributed by atoms with Crippen molar-refractivity contribution in [1.29, 1.82) is 0 Å². The molecule has 0 radical (unpaired) electrons. The first-order valence-corrected chi connectivity index (χ1v) is 14.3. The molecule has 2 amide bonds. The summed E-state index contributed by atoms with van der Waals surface area (Å²) in [6.07, 6.45) is 3.81. The number of hydrogen-bond donors (Lipinski definition) is 4. The zero-order valence-corrected chi connectivity index (χ0v) is 23.2. The molecule has 4 aromatic heterocycles. The van der Waals surface area contributed by atoms with E-state index in [1.165, 1.54) is 11.3 Å². The molecule has 4 N–H and O–H groups in total. The van der Waals surface area contributed by atoms with E-state index < -0.39 is 12.1 Å². The number of aryl methyl sites for hydroxylation is 1. The third-order valence-electron chi connectivity index (χ3n) is 7.11. The highest BCUT2D eigenvalue weighted by Crippen LogP contribution is 2.27. The summed E-state index contributed by atoms with van der Waals surface area (Å²) in [5.41, 5.74) is 3.90. The van der Waals surface area contributed by atoms with Gasteiger partial charge >= 0.3 is 6.03 Å². The van der Waals surface area contributed by atoms with Gasteiger partial charge < -0.3 is 15.0 Å². The van der Waals surface area contributed by atoms with Crippen molar-refractivity contribution in [2.45, 2.75) is 25.9 Å². The molecule has 1 aliphatic rings. The average Bonchev–Trinajstić information content (AvgIpc) is 3.74. The van der Waals surface area contributed by atoms with Crippen LogP contribution in [0.1, 0.15) is 17.7 Å². The summed E-state index contributed by atoms with van der Waals surface area (Å²) < 4.78 is 6.26. The topological polar surface area (TPSA) is 134 Å². The van der Waals surface area contributed by atoms with Crippen LogP contribution in [-0.4, -0.2) is 50.9 Å². The van der Waals surface area contributed by atoms with Crippen molar-refractivity contribution in [2.24, 2.45) is 5.92 Å². The number of Topliss-reactive ketones (excluding diaryl/α,β-unsaturated/α-hetero) is 1. The fourth-order valence-corrected chi connectivity index (χ4v) is 5.86. The smallest absolute Gasteiger partial charge is 0.326 e. The van der Waals surface area contributed by atoms with E-state index in [2.05, 4.69) is 35.9 Å². The van der Waals surface area contributed by atoms with Gasteiger partial charge in [-0.05, 0) is 49.7 Å². The molecular formula is C30H29N7O3S. The van der Waals surface area contributed by atoms with Crippen molar-refractivity contribution in [3.63, 3.8) is 0 Å². The van der Waals surface area contributed by atoms with Gasteiger partial charge in [0.1, 0.15) is 16.6 Å². The van der Waals surface area contributed by atoms with Crippen LogP contribution in [0.15, 0.2) is 72.4 Å². The lowest BCUT2D eigenvalue weighted by atomic mass is 9.93. The Morgan fingerprint density at radius 2 is 1.88 bits per heavy atom. The molecule has 10 nitrogen and oxygen atoms in total. The summed E-state index contributed by atoms with van der Waals surface area (Å²) in [5.74, 6) is 1.02. The normalized spacial score (nSPS) is 15.5. The Bertz CT molecular complexity index is 1680. The number of thiazole rings is 1. The number of urea groups is 1. The van der Waals surface area contributed by atoms with Crippen LogP contribution in [0.4, 0.5) is 16.4 Å². The lowest BCUT2D eigenvalue weighted by Gasteiger charge is -2.23. The maximum atomic E-state index is 13.7. The minimum absolute atomic E-state index is 0.00186. The zero-order chi connectivity index (χ0) is 28.2. The highest BCUT2D eigenvalue weighted by Gasteiger charge is 2.33. The minimum atomic E-state index is -0.670. The van der Waals surface area contributed by atoms with Crippen LogP contribution in [0.2, 0.25) is 0 Å². The second kappa shape index (κ2) is 11.9. The molecule has 11 heteroatoms. The summed E-state index contributed by atoms with van der Waals surface area (Å²) in [7, 11) is 0. The van der Waals surface area contributed by atoms with Crippen LogP contribution >= 0.6 is 11.3 Å². The predicted molar refractivity (Wildman–Crippen MR) is 159 cm³/mol. The summed E-state index contributed by atoms with van der Waals surface area (Å²) >= 11 is 1.42. The van der Waals surface area contributed by atoms with Gasteiger partial charge in [-0.2, -0.15) is 4.98 Å². The molecule has 5 heterocycles. The van der Waals surface area contributed by atoms with Gasteiger partial charge in [0.05, 0.1) is 0 Å². The van der Waals surface area contributed by atoms with Crippen molar-refractivity contribution in [3.05, 3.63) is 83.6 Å². The number of nitrogens with zero attached hydrogens (tertiary/aromatic N) is 3. The highest BCUT2D eigenvalue weighted by atomic mass is 32.1. The van der Waals surface area contributed by atoms with Crippen LogP contribution in [0.5, 0.6) is 5.88 Å². The van der Waals surface area contributed by atoms with Gasteiger partial charge in [0, 0.05) is 64.9 Å². The van der Waals surface area contributed by atoms with Crippen LogP contribution in [0.3, 0.4) is 0 Å². The first kappa shape index (κ1) is 26.6. The monoisotopic (exact) mass is 567 g/mol. The molecule has 41 heavy (non-hydrogen) atoms. The minimum Gasteiger partial charge on any atom is -0.466 e. The number of aromatic amines is 1. The van der Waals surface area contributed by atoms with E-state index in [0.29, 0.717) is 18.2 Å². The first-order valence-electron chi connectivity index (χ1n) is 13.4. The van der Waals surface area contributed by atoms with E-state index in [9.17, 15) is 9.59 Å². The van der Waals surface area contributed by atoms with Gasteiger partial charge in [-0.25, -0.2) is 9.78 Å². The molecule has 208 valence electrons.